The van der Waals surface area contributed by atoms with Crippen LogP contribution in [0.25, 0.3) is 0 Å². The van der Waals surface area contributed by atoms with Gasteiger partial charge in [-0.2, -0.15) is 0 Å². The van der Waals surface area contributed by atoms with Crippen molar-refractivity contribution in [1.29, 1.82) is 0 Å². The molecule has 2 N–H and O–H groups in total. The van der Waals surface area contributed by atoms with Crippen molar-refractivity contribution >= 4 is 28.4 Å². The van der Waals surface area contributed by atoms with E-state index in [0.29, 0.717) is 12.3 Å². The predicted octanol–water partition coefficient (Wildman–Crippen LogP) is 3.32. The number of benzene rings is 1. The van der Waals surface area contributed by atoms with Crippen LogP contribution >= 0.6 is 15.9 Å². The van der Waals surface area contributed by atoms with Gasteiger partial charge in [0.2, 0.25) is 6.41 Å². The molecule has 0 radical (unpaired) electrons. The molecule has 0 bridgehead atoms. The van der Waals surface area contributed by atoms with Crippen molar-refractivity contribution in [3.8, 4) is 0 Å². The zero-order chi connectivity index (χ0) is 14.6. The summed E-state index contributed by atoms with van der Waals surface area (Å²) >= 11 is 3.44. The minimum Gasteiger partial charge on any atom is -0.332 e. The number of nitrogens with one attached hydrogen (secondary N) is 2. The Hall–Kier alpha value is -1.36. The predicted molar refractivity (Wildman–Crippen MR) is 81.5 cm³/mol. The molecule has 108 valence electrons. The third-order valence-corrected chi connectivity index (χ3v) is 4.72. The van der Waals surface area contributed by atoms with Crippen LogP contribution in [0.2, 0.25) is 0 Å². The molecule has 1 fully saturated rings. The van der Waals surface area contributed by atoms with Gasteiger partial charge in [0.15, 0.2) is 0 Å². The van der Waals surface area contributed by atoms with E-state index < -0.39 is 6.03 Å². The van der Waals surface area contributed by atoms with Gasteiger partial charge in [-0.3, -0.25) is 10.1 Å². The average molecular weight is 339 g/mol. The third-order valence-electron chi connectivity index (χ3n) is 4.20. The van der Waals surface area contributed by atoms with Crippen LogP contribution in [0.3, 0.4) is 0 Å². The largest absolute Gasteiger partial charge is 0.332 e. The third kappa shape index (κ3) is 3.39. The fraction of sp³-hybridized carbons (Fsp3) is 0.467. The van der Waals surface area contributed by atoms with Crippen LogP contribution in [-0.4, -0.2) is 18.0 Å². The first kappa shape index (κ1) is 15.0. The normalized spacial score (nSPS) is 25.2. The van der Waals surface area contributed by atoms with Gasteiger partial charge in [-0.05, 0) is 49.3 Å². The topological polar surface area (TPSA) is 58.2 Å². The number of carbonyl (C=O) groups excluding carboxylic acids is 2. The number of amides is 3. The maximum absolute atomic E-state index is 11.6. The average Bonchev–Trinajstić information content (AvgIpc) is 2.84. The zero-order valence-electron chi connectivity index (χ0n) is 11.5. The summed E-state index contributed by atoms with van der Waals surface area (Å²) in [5.41, 5.74) is 1.10. The smallest absolute Gasteiger partial charge is 0.321 e. The highest BCUT2D eigenvalue weighted by atomic mass is 79.9. The second-order valence-corrected chi connectivity index (χ2v) is 6.26. The molecule has 1 aromatic carbocycles. The molecule has 0 spiro atoms. The SMILES string of the molecule is CCC1(NC(=O)NC=O)CC[C@H](c2ccc(Br)cc2)C1. The Kier molecular flexibility index (Phi) is 4.81. The van der Waals surface area contributed by atoms with Crippen LogP contribution in [-0.2, 0) is 4.79 Å². The summed E-state index contributed by atoms with van der Waals surface area (Å²) in [6.07, 6.45) is 4.19. The van der Waals surface area contributed by atoms with Crippen molar-refractivity contribution in [3.05, 3.63) is 34.3 Å². The number of hydrogen-bond acceptors (Lipinski definition) is 2. The highest BCUT2D eigenvalue weighted by Gasteiger charge is 2.39. The molecule has 1 aromatic rings. The number of hydrogen-bond donors (Lipinski definition) is 2. The first-order valence-corrected chi connectivity index (χ1v) is 7.65. The summed E-state index contributed by atoms with van der Waals surface area (Å²) in [5.74, 6) is 0.458. The molecule has 1 aliphatic rings. The summed E-state index contributed by atoms with van der Waals surface area (Å²) in [7, 11) is 0. The fourth-order valence-electron chi connectivity index (χ4n) is 3.00. The first-order chi connectivity index (χ1) is 9.58. The molecule has 5 heteroatoms. The first-order valence-electron chi connectivity index (χ1n) is 6.86. The molecule has 1 aliphatic carbocycles. The summed E-state index contributed by atoms with van der Waals surface area (Å²) in [5, 5.41) is 5.12. The Morgan fingerprint density at radius 3 is 2.75 bits per heavy atom. The van der Waals surface area contributed by atoms with Gasteiger partial charge in [-0.15, -0.1) is 0 Å². The van der Waals surface area contributed by atoms with Crippen LogP contribution < -0.4 is 10.6 Å². The van der Waals surface area contributed by atoms with Crippen molar-refractivity contribution < 1.29 is 9.59 Å². The van der Waals surface area contributed by atoms with Gasteiger partial charge in [-0.1, -0.05) is 35.0 Å². The second kappa shape index (κ2) is 6.39. The van der Waals surface area contributed by atoms with Crippen molar-refractivity contribution in [2.45, 2.75) is 44.1 Å². The number of rotatable bonds is 4. The van der Waals surface area contributed by atoms with Gasteiger partial charge in [0.1, 0.15) is 0 Å². The number of urea groups is 1. The zero-order valence-corrected chi connectivity index (χ0v) is 13.1. The molecule has 3 amide bonds. The lowest BCUT2D eigenvalue weighted by Crippen LogP contribution is -2.50. The molecule has 1 unspecified atom stereocenters. The van der Waals surface area contributed by atoms with Crippen molar-refractivity contribution in [2.75, 3.05) is 0 Å². The van der Waals surface area contributed by atoms with Crippen LogP contribution in [0.15, 0.2) is 28.7 Å². The van der Waals surface area contributed by atoms with Gasteiger partial charge >= 0.3 is 6.03 Å². The van der Waals surface area contributed by atoms with E-state index in [1.54, 1.807) is 0 Å². The van der Waals surface area contributed by atoms with Crippen LogP contribution in [0, 0.1) is 0 Å². The highest BCUT2D eigenvalue weighted by molar-refractivity contribution is 9.10. The van der Waals surface area contributed by atoms with E-state index in [1.165, 1.54) is 5.56 Å². The Labute approximate surface area is 127 Å². The van der Waals surface area contributed by atoms with Crippen LogP contribution in [0.4, 0.5) is 4.79 Å². The van der Waals surface area contributed by atoms with Gasteiger partial charge in [0, 0.05) is 10.0 Å². The number of halogens is 1. The molecule has 0 aromatic heterocycles. The van der Waals surface area contributed by atoms with Crippen molar-refractivity contribution in [3.63, 3.8) is 0 Å². The van der Waals surface area contributed by atoms with Gasteiger partial charge in [-0.25, -0.2) is 4.79 Å². The summed E-state index contributed by atoms with van der Waals surface area (Å²) in [6, 6.07) is 7.96. The molecule has 0 aliphatic heterocycles. The van der Waals surface area contributed by atoms with Gasteiger partial charge < -0.3 is 5.32 Å². The van der Waals surface area contributed by atoms with Crippen LogP contribution in [0.1, 0.15) is 44.1 Å². The Morgan fingerprint density at radius 2 is 2.15 bits per heavy atom. The molecule has 0 heterocycles. The number of carbonyl (C=O) groups is 2. The van der Waals surface area contributed by atoms with E-state index in [9.17, 15) is 9.59 Å². The molecule has 20 heavy (non-hydrogen) atoms. The molecular formula is C15H19BrN2O2. The molecule has 2 atom stereocenters. The maximum atomic E-state index is 11.6. The quantitative estimate of drug-likeness (QED) is 0.827. The second-order valence-electron chi connectivity index (χ2n) is 5.34. The maximum Gasteiger partial charge on any atom is 0.321 e. The highest BCUT2D eigenvalue weighted by Crippen LogP contribution is 2.42. The Bertz CT molecular complexity index is 489. The molecule has 0 saturated heterocycles. The molecular weight excluding hydrogens is 320 g/mol. The van der Waals surface area contributed by atoms with Crippen molar-refractivity contribution in [2.24, 2.45) is 0 Å². The number of imide groups is 1. The Morgan fingerprint density at radius 1 is 1.45 bits per heavy atom. The Balaban J connectivity index is 2.06. The monoisotopic (exact) mass is 338 g/mol. The minimum atomic E-state index is -0.404. The van der Waals surface area contributed by atoms with E-state index in [-0.39, 0.29) is 5.54 Å². The lowest BCUT2D eigenvalue weighted by Gasteiger charge is -2.29. The van der Waals surface area contributed by atoms with E-state index >= 15 is 0 Å². The lowest BCUT2D eigenvalue weighted by atomic mass is 9.90. The summed E-state index contributed by atoms with van der Waals surface area (Å²) in [4.78, 5) is 21.9. The van der Waals surface area contributed by atoms with E-state index in [0.717, 1.165) is 30.2 Å². The summed E-state index contributed by atoms with van der Waals surface area (Å²) < 4.78 is 1.07. The van der Waals surface area contributed by atoms with Crippen LogP contribution in [0.5, 0.6) is 0 Å². The van der Waals surface area contributed by atoms with Crippen molar-refractivity contribution in [1.82, 2.24) is 10.6 Å². The van der Waals surface area contributed by atoms with E-state index in [1.807, 2.05) is 12.1 Å². The van der Waals surface area contributed by atoms with E-state index in [4.69, 9.17) is 0 Å². The lowest BCUT2D eigenvalue weighted by molar-refractivity contribution is -0.108. The molecule has 2 rings (SSSR count). The molecule has 4 nitrogen and oxygen atoms in total. The van der Waals surface area contributed by atoms with Gasteiger partial charge in [0.05, 0.1) is 0 Å². The summed E-state index contributed by atoms with van der Waals surface area (Å²) in [6.45, 7) is 2.07. The van der Waals surface area contributed by atoms with E-state index in [2.05, 4.69) is 45.6 Å². The standard InChI is InChI=1S/C15H19BrN2O2/c1-2-15(18-14(20)17-10-19)8-7-12(9-15)11-3-5-13(16)6-4-11/h3-6,10,12H,2,7-9H2,1H3,(H2,17,18,19,20)/t12-,15?/m0/s1. The van der Waals surface area contributed by atoms with Gasteiger partial charge in [0.25, 0.3) is 0 Å². The molecule has 1 saturated carbocycles. The minimum absolute atomic E-state index is 0.204. The fourth-order valence-corrected chi connectivity index (χ4v) is 3.26.